The minimum absolute atomic E-state index is 0.250. The van der Waals surface area contributed by atoms with Crippen molar-refractivity contribution in [3.63, 3.8) is 0 Å². The lowest BCUT2D eigenvalue weighted by molar-refractivity contribution is 0.0758. The Morgan fingerprint density at radius 1 is 1.10 bits per heavy atom. The Morgan fingerprint density at radius 3 is 2.00 bits per heavy atom. The molecule has 126 valence electrons. The summed E-state index contributed by atoms with van der Waals surface area (Å²) in [7, 11) is -3.42. The standard InChI is InChI=1S/C16H33FO3Si/c1-8-11-19-12-9-14(18)10-13-20-21(17,15(2,3)4)16(5,6)7/h8,14,18H,1,9-13H2,2-7H3. The summed E-state index contributed by atoms with van der Waals surface area (Å²) in [5, 5.41) is 8.86. The summed E-state index contributed by atoms with van der Waals surface area (Å²) in [6, 6.07) is 0. The number of hydrogen-bond donors (Lipinski definition) is 1. The largest absolute Gasteiger partial charge is 0.394 e. The highest BCUT2D eigenvalue weighted by Crippen LogP contribution is 2.52. The van der Waals surface area contributed by atoms with Gasteiger partial charge in [0.1, 0.15) is 0 Å². The molecule has 0 radical (unpaired) electrons. The maximum Gasteiger partial charge on any atom is 0.394 e. The normalized spacial score (nSPS) is 15.0. The molecule has 21 heavy (non-hydrogen) atoms. The number of halogens is 1. The van der Waals surface area contributed by atoms with Gasteiger partial charge in [-0.1, -0.05) is 47.6 Å². The molecule has 0 spiro atoms. The Hall–Kier alpha value is -0.233. The number of rotatable bonds is 9. The predicted molar refractivity (Wildman–Crippen MR) is 88.5 cm³/mol. The molecule has 0 saturated carbocycles. The molecule has 0 aliphatic carbocycles. The molecule has 3 nitrogen and oxygen atoms in total. The summed E-state index contributed by atoms with van der Waals surface area (Å²) in [6.07, 6.45) is 2.12. The molecule has 0 heterocycles. The Bertz CT molecular complexity index is 294. The maximum atomic E-state index is 15.4. The van der Waals surface area contributed by atoms with E-state index in [-0.39, 0.29) is 6.61 Å². The third-order valence-electron chi connectivity index (χ3n) is 3.51. The molecular formula is C16H33FO3Si. The van der Waals surface area contributed by atoms with Crippen molar-refractivity contribution in [1.82, 2.24) is 0 Å². The first-order chi connectivity index (χ1) is 9.45. The van der Waals surface area contributed by atoms with Crippen LogP contribution in [0.5, 0.6) is 0 Å². The van der Waals surface area contributed by atoms with Gasteiger partial charge in [0.25, 0.3) is 0 Å². The number of aliphatic hydroxyl groups excluding tert-OH is 1. The summed E-state index contributed by atoms with van der Waals surface area (Å²) in [5.41, 5.74) is 0. The fraction of sp³-hybridized carbons (Fsp3) is 0.875. The lowest BCUT2D eigenvalue weighted by atomic mass is 10.2. The third kappa shape index (κ3) is 6.59. The highest BCUT2D eigenvalue weighted by Gasteiger charge is 2.57. The van der Waals surface area contributed by atoms with E-state index in [0.717, 1.165) is 0 Å². The SMILES string of the molecule is C=CCOCCC(O)CCO[Si](F)(C(C)(C)C)C(C)(C)C. The Labute approximate surface area is 130 Å². The average Bonchev–Trinajstić information content (AvgIpc) is 2.31. The van der Waals surface area contributed by atoms with E-state index >= 15 is 4.11 Å². The quantitative estimate of drug-likeness (QED) is 0.297. The molecule has 0 amide bonds. The molecule has 0 aromatic heterocycles. The van der Waals surface area contributed by atoms with E-state index in [1.54, 1.807) is 6.08 Å². The molecule has 0 saturated heterocycles. The summed E-state index contributed by atoms with van der Waals surface area (Å²) in [5.74, 6) is 0. The molecule has 1 unspecified atom stereocenters. The van der Waals surface area contributed by atoms with Crippen LogP contribution < -0.4 is 0 Å². The van der Waals surface area contributed by atoms with Crippen LogP contribution in [0.1, 0.15) is 54.4 Å². The molecule has 0 bridgehead atoms. The van der Waals surface area contributed by atoms with Gasteiger partial charge in [-0.25, -0.2) is 0 Å². The van der Waals surface area contributed by atoms with E-state index in [1.807, 2.05) is 41.5 Å². The second-order valence-electron chi connectivity index (χ2n) is 7.54. The van der Waals surface area contributed by atoms with Crippen molar-refractivity contribution in [2.75, 3.05) is 19.8 Å². The van der Waals surface area contributed by atoms with Crippen LogP contribution in [0, 0.1) is 0 Å². The Kier molecular flexibility index (Phi) is 8.32. The van der Waals surface area contributed by atoms with Crippen LogP contribution in [-0.4, -0.2) is 39.7 Å². The van der Waals surface area contributed by atoms with Crippen LogP contribution in [0.3, 0.4) is 0 Å². The number of ether oxygens (including phenoxy) is 1. The minimum Gasteiger partial charge on any atom is -0.393 e. The van der Waals surface area contributed by atoms with E-state index < -0.39 is 24.8 Å². The molecule has 1 N–H and O–H groups in total. The molecule has 0 aliphatic rings. The molecular weight excluding hydrogens is 287 g/mol. The van der Waals surface area contributed by atoms with E-state index in [1.165, 1.54) is 0 Å². The van der Waals surface area contributed by atoms with Gasteiger partial charge in [-0.15, -0.1) is 6.58 Å². The average molecular weight is 321 g/mol. The molecule has 5 heteroatoms. The molecule has 0 aromatic rings. The van der Waals surface area contributed by atoms with Crippen molar-refractivity contribution < 1.29 is 18.4 Å². The Balaban J connectivity index is 4.31. The fourth-order valence-corrected chi connectivity index (χ4v) is 5.94. The van der Waals surface area contributed by atoms with Gasteiger partial charge < -0.3 is 14.3 Å². The maximum absolute atomic E-state index is 15.4. The van der Waals surface area contributed by atoms with Crippen LogP contribution in [0.4, 0.5) is 4.11 Å². The van der Waals surface area contributed by atoms with Gasteiger partial charge in [0, 0.05) is 23.3 Å². The monoisotopic (exact) mass is 320 g/mol. The first-order valence-corrected chi connectivity index (χ1v) is 9.44. The minimum atomic E-state index is -3.42. The Morgan fingerprint density at radius 2 is 1.57 bits per heavy atom. The highest BCUT2D eigenvalue weighted by molar-refractivity contribution is 6.72. The zero-order valence-electron chi connectivity index (χ0n) is 14.5. The molecule has 0 fully saturated rings. The van der Waals surface area contributed by atoms with Crippen LogP contribution in [0.15, 0.2) is 12.7 Å². The second-order valence-corrected chi connectivity index (χ2v) is 12.0. The van der Waals surface area contributed by atoms with Gasteiger partial charge in [0.2, 0.25) is 0 Å². The van der Waals surface area contributed by atoms with Crippen LogP contribution >= 0.6 is 0 Å². The van der Waals surface area contributed by atoms with Gasteiger partial charge in [-0.2, -0.15) is 0 Å². The molecule has 0 aromatic carbocycles. The topological polar surface area (TPSA) is 38.7 Å². The first-order valence-electron chi connectivity index (χ1n) is 7.65. The van der Waals surface area contributed by atoms with Gasteiger partial charge in [-0.05, 0) is 12.8 Å². The van der Waals surface area contributed by atoms with Crippen molar-refractivity contribution >= 4 is 8.65 Å². The first kappa shape index (κ1) is 20.8. The molecule has 1 atom stereocenters. The molecule has 0 aliphatic heterocycles. The number of aliphatic hydroxyl groups is 1. The predicted octanol–water partition coefficient (Wildman–Crippen LogP) is 4.36. The van der Waals surface area contributed by atoms with Gasteiger partial charge in [0.05, 0.1) is 12.7 Å². The van der Waals surface area contributed by atoms with Crippen molar-refractivity contribution in [3.05, 3.63) is 12.7 Å². The molecule has 0 rings (SSSR count). The summed E-state index contributed by atoms with van der Waals surface area (Å²) >= 11 is 0. The van der Waals surface area contributed by atoms with Crippen LogP contribution in [-0.2, 0) is 9.16 Å². The zero-order chi connectivity index (χ0) is 16.7. The van der Waals surface area contributed by atoms with E-state index in [4.69, 9.17) is 9.16 Å². The summed E-state index contributed by atoms with van der Waals surface area (Å²) < 4.78 is 26.3. The number of hydrogen-bond acceptors (Lipinski definition) is 3. The van der Waals surface area contributed by atoms with E-state index in [0.29, 0.717) is 26.1 Å². The lowest BCUT2D eigenvalue weighted by Crippen LogP contribution is -2.51. The summed E-state index contributed by atoms with van der Waals surface area (Å²) in [6.45, 7) is 16.1. The fourth-order valence-electron chi connectivity index (χ4n) is 2.42. The smallest absolute Gasteiger partial charge is 0.393 e. The van der Waals surface area contributed by atoms with Crippen molar-refractivity contribution in [3.8, 4) is 0 Å². The van der Waals surface area contributed by atoms with Gasteiger partial charge in [0.15, 0.2) is 0 Å². The van der Waals surface area contributed by atoms with Gasteiger partial charge in [-0.3, -0.25) is 4.11 Å². The van der Waals surface area contributed by atoms with Crippen molar-refractivity contribution in [2.45, 2.75) is 70.6 Å². The van der Waals surface area contributed by atoms with E-state index in [9.17, 15) is 5.11 Å². The summed E-state index contributed by atoms with van der Waals surface area (Å²) in [4.78, 5) is 0. The van der Waals surface area contributed by atoms with Crippen LogP contribution in [0.25, 0.3) is 0 Å². The van der Waals surface area contributed by atoms with Gasteiger partial charge >= 0.3 is 8.65 Å². The van der Waals surface area contributed by atoms with Crippen molar-refractivity contribution in [1.29, 1.82) is 0 Å². The lowest BCUT2D eigenvalue weighted by Gasteiger charge is -2.43. The second kappa shape index (κ2) is 8.41. The third-order valence-corrected chi connectivity index (χ3v) is 7.97. The van der Waals surface area contributed by atoms with E-state index in [2.05, 4.69) is 6.58 Å². The zero-order valence-corrected chi connectivity index (χ0v) is 15.5. The highest BCUT2D eigenvalue weighted by atomic mass is 28.4. The van der Waals surface area contributed by atoms with Crippen LogP contribution in [0.2, 0.25) is 10.1 Å². The van der Waals surface area contributed by atoms with Crippen molar-refractivity contribution in [2.24, 2.45) is 0 Å².